The number of rotatable bonds is 4. The smallest absolute Gasteiger partial charge is 0.527 e. The quantitative estimate of drug-likeness (QED) is 0.530. The van der Waals surface area contributed by atoms with Crippen LogP contribution in [-0.2, 0) is 14.1 Å². The van der Waals surface area contributed by atoms with Crippen molar-refractivity contribution in [3.63, 3.8) is 0 Å². The number of halogens is 2. The van der Waals surface area contributed by atoms with Crippen molar-refractivity contribution in [2.75, 3.05) is 0 Å². The summed E-state index contributed by atoms with van der Waals surface area (Å²) in [4.78, 5) is 0. The molecule has 7 heteroatoms. The molecule has 0 saturated heterocycles. The van der Waals surface area contributed by atoms with Crippen LogP contribution in [0.3, 0.4) is 0 Å². The summed E-state index contributed by atoms with van der Waals surface area (Å²) in [5.74, 6) is 0.645. The summed E-state index contributed by atoms with van der Waals surface area (Å²) in [6, 6.07) is 9.08. The minimum Gasteiger partial charge on any atom is -0.527 e. The number of hydrogen-bond donors (Lipinski definition) is 0. The van der Waals surface area contributed by atoms with Crippen LogP contribution in [0.25, 0.3) is 21.8 Å². The summed E-state index contributed by atoms with van der Waals surface area (Å²) < 4.78 is 41.8. The molecule has 0 fully saturated rings. The molecule has 0 spiro atoms. The first-order valence-electron chi connectivity index (χ1n) is 7.78. The number of benzene rings is 2. The van der Waals surface area contributed by atoms with Crippen molar-refractivity contribution in [2.45, 2.75) is 0 Å². The van der Waals surface area contributed by atoms with Crippen molar-refractivity contribution in [1.82, 2.24) is 9.13 Å². The van der Waals surface area contributed by atoms with Crippen LogP contribution in [0.15, 0.2) is 48.8 Å². The molecule has 0 aliphatic rings. The fourth-order valence-electron chi connectivity index (χ4n) is 3.03. The van der Waals surface area contributed by atoms with Gasteiger partial charge in [-0.25, -0.2) is 8.78 Å². The predicted octanol–water partition coefficient (Wildman–Crippen LogP) is 3.67. The highest BCUT2D eigenvalue weighted by molar-refractivity contribution is 6.22. The van der Waals surface area contributed by atoms with Gasteiger partial charge in [-0.3, -0.25) is 0 Å². The summed E-state index contributed by atoms with van der Waals surface area (Å²) in [5, 5.41) is 1.62. The molecular weight excluding hydrogens is 325 g/mol. The lowest BCUT2D eigenvalue weighted by atomic mass is 10.2. The molecule has 4 aromatic rings. The molecule has 4 rings (SSSR count). The average Bonchev–Trinajstić information content (AvgIpc) is 3.05. The van der Waals surface area contributed by atoms with E-state index in [9.17, 15) is 8.78 Å². The molecular formula is C18H15BF2N2O2. The Morgan fingerprint density at radius 2 is 1.20 bits per heavy atom. The lowest BCUT2D eigenvalue weighted by Gasteiger charge is -2.05. The summed E-state index contributed by atoms with van der Waals surface area (Å²) in [6.07, 6.45) is 3.57. The van der Waals surface area contributed by atoms with Crippen molar-refractivity contribution in [1.29, 1.82) is 0 Å². The van der Waals surface area contributed by atoms with Crippen LogP contribution in [0.5, 0.6) is 11.5 Å². The van der Waals surface area contributed by atoms with Gasteiger partial charge in [-0.2, -0.15) is 0 Å². The van der Waals surface area contributed by atoms with Crippen LogP contribution < -0.4 is 9.31 Å². The van der Waals surface area contributed by atoms with Gasteiger partial charge in [0.1, 0.15) is 23.1 Å². The van der Waals surface area contributed by atoms with Crippen LogP contribution in [-0.4, -0.2) is 16.8 Å². The molecule has 126 valence electrons. The van der Waals surface area contributed by atoms with Crippen molar-refractivity contribution < 1.29 is 18.1 Å². The van der Waals surface area contributed by atoms with Gasteiger partial charge in [0.25, 0.3) is 0 Å². The Bertz CT molecular complexity index is 1000. The molecule has 0 bridgehead atoms. The zero-order chi connectivity index (χ0) is 17.6. The van der Waals surface area contributed by atoms with Gasteiger partial charge >= 0.3 is 7.69 Å². The Labute approximate surface area is 143 Å². The Balaban J connectivity index is 1.55. The number of hydrogen-bond acceptors (Lipinski definition) is 2. The third-order valence-electron chi connectivity index (χ3n) is 4.26. The number of aromatic nitrogens is 2. The van der Waals surface area contributed by atoms with Crippen LogP contribution >= 0.6 is 0 Å². The van der Waals surface area contributed by atoms with Gasteiger partial charge in [0, 0.05) is 37.3 Å². The molecule has 0 radical (unpaired) electrons. The van der Waals surface area contributed by atoms with Crippen LogP contribution in [0.2, 0.25) is 0 Å². The Kier molecular flexibility index (Phi) is 3.64. The molecule has 0 unspecified atom stereocenters. The van der Waals surface area contributed by atoms with E-state index in [-0.39, 0.29) is 19.3 Å². The van der Waals surface area contributed by atoms with Gasteiger partial charge in [-0.15, -0.1) is 0 Å². The fourth-order valence-corrected chi connectivity index (χ4v) is 3.03. The molecule has 0 N–H and O–H groups in total. The van der Waals surface area contributed by atoms with E-state index in [0.29, 0.717) is 11.5 Å². The van der Waals surface area contributed by atoms with E-state index >= 15 is 0 Å². The maximum absolute atomic E-state index is 13.4. The van der Waals surface area contributed by atoms with Gasteiger partial charge in [-0.05, 0) is 36.4 Å². The van der Waals surface area contributed by atoms with E-state index in [1.54, 1.807) is 33.7 Å². The molecule has 4 nitrogen and oxygen atoms in total. The van der Waals surface area contributed by atoms with Gasteiger partial charge in [0.2, 0.25) is 0 Å². The molecule has 0 saturated carbocycles. The first kappa shape index (κ1) is 15.6. The second-order valence-corrected chi connectivity index (χ2v) is 5.94. The van der Waals surface area contributed by atoms with E-state index in [1.807, 2.05) is 14.1 Å². The molecule has 2 heterocycles. The second kappa shape index (κ2) is 5.84. The second-order valence-electron chi connectivity index (χ2n) is 5.94. The fraction of sp³-hybridized carbons (Fsp3) is 0.111. The third-order valence-corrected chi connectivity index (χ3v) is 4.26. The molecule has 25 heavy (non-hydrogen) atoms. The van der Waals surface area contributed by atoms with E-state index in [2.05, 4.69) is 0 Å². The largest absolute Gasteiger partial charge is 0.576 e. The molecule has 0 aliphatic carbocycles. The third kappa shape index (κ3) is 2.71. The summed E-state index contributed by atoms with van der Waals surface area (Å²) in [6.45, 7) is 0. The average molecular weight is 340 g/mol. The maximum atomic E-state index is 13.4. The number of nitrogens with zero attached hydrogens (tertiary/aromatic N) is 2. The minimum atomic E-state index is -0.292. The van der Waals surface area contributed by atoms with Gasteiger partial charge < -0.3 is 18.4 Å². The van der Waals surface area contributed by atoms with E-state index in [0.717, 1.165) is 21.8 Å². The van der Waals surface area contributed by atoms with Crippen molar-refractivity contribution >= 4 is 29.5 Å². The molecule has 0 atom stereocenters. The molecule has 2 aromatic carbocycles. The Morgan fingerprint density at radius 1 is 0.760 bits per heavy atom. The highest BCUT2D eigenvalue weighted by atomic mass is 19.1. The van der Waals surface area contributed by atoms with Crippen LogP contribution in [0.1, 0.15) is 0 Å². The standard InChI is InChI=1S/C18H15BF2N2O2/c1-22-9-17(13-5-3-11(20)7-15(13)22)24-19-25-18-10-23(2)16-8-12(21)4-6-14(16)18/h3-10,19H,1-2H3. The van der Waals surface area contributed by atoms with E-state index in [1.165, 1.54) is 24.3 Å². The minimum absolute atomic E-state index is 0.00696. The van der Waals surface area contributed by atoms with E-state index in [4.69, 9.17) is 9.31 Å². The van der Waals surface area contributed by atoms with Gasteiger partial charge in [-0.1, -0.05) is 0 Å². The summed E-state index contributed by atoms with van der Waals surface area (Å²) in [7, 11) is 3.65. The first-order chi connectivity index (χ1) is 12.0. The number of aryl methyl sites for hydroxylation is 2. The Hall–Kier alpha value is -2.96. The maximum Gasteiger partial charge on any atom is 0.576 e. The monoisotopic (exact) mass is 340 g/mol. The van der Waals surface area contributed by atoms with E-state index < -0.39 is 0 Å². The number of fused-ring (bicyclic) bond motifs is 2. The summed E-state index contributed by atoms with van der Waals surface area (Å²) >= 11 is 0. The highest BCUT2D eigenvalue weighted by Crippen LogP contribution is 2.30. The first-order valence-corrected chi connectivity index (χ1v) is 7.78. The van der Waals surface area contributed by atoms with Crippen LogP contribution in [0.4, 0.5) is 8.78 Å². The van der Waals surface area contributed by atoms with Crippen molar-refractivity contribution in [3.05, 3.63) is 60.4 Å². The highest BCUT2D eigenvalue weighted by Gasteiger charge is 2.12. The topological polar surface area (TPSA) is 28.3 Å². The zero-order valence-corrected chi connectivity index (χ0v) is 13.8. The van der Waals surface area contributed by atoms with Crippen molar-refractivity contribution in [2.24, 2.45) is 14.1 Å². The van der Waals surface area contributed by atoms with Crippen LogP contribution in [0, 0.1) is 11.6 Å². The lowest BCUT2D eigenvalue weighted by Crippen LogP contribution is -2.10. The van der Waals surface area contributed by atoms with Crippen molar-refractivity contribution in [3.8, 4) is 11.5 Å². The zero-order valence-electron chi connectivity index (χ0n) is 13.8. The normalized spacial score (nSPS) is 11.2. The summed E-state index contributed by atoms with van der Waals surface area (Å²) in [5.41, 5.74) is 1.49. The van der Waals surface area contributed by atoms with Gasteiger partial charge in [0.05, 0.1) is 11.0 Å². The van der Waals surface area contributed by atoms with Gasteiger partial charge in [0.15, 0.2) is 0 Å². The SMILES string of the molecule is Cn1cc(OBOc2cn(C)c3cc(F)ccc23)c2ccc(F)cc21. The predicted molar refractivity (Wildman–Crippen MR) is 94.2 cm³/mol. The Morgan fingerprint density at radius 3 is 1.64 bits per heavy atom. The lowest BCUT2D eigenvalue weighted by molar-refractivity contribution is 0.463. The molecule has 0 amide bonds. The molecule has 2 aromatic heterocycles. The molecule has 0 aliphatic heterocycles.